The molecule has 1 fully saturated rings. The molecule has 1 heterocycles. The van der Waals surface area contributed by atoms with Gasteiger partial charge in [-0.05, 0) is 44.4 Å². The minimum atomic E-state index is -0.538. The third kappa shape index (κ3) is 3.64. The summed E-state index contributed by atoms with van der Waals surface area (Å²) in [5.41, 5.74) is 6.90. The van der Waals surface area contributed by atoms with Crippen molar-refractivity contribution < 1.29 is 9.53 Å². The fraction of sp³-hybridized carbons (Fsp3) is 0.533. The molecule has 2 N–H and O–H groups in total. The number of hydrogen-bond acceptors (Lipinski definition) is 3. The van der Waals surface area contributed by atoms with Gasteiger partial charge >= 0.3 is 0 Å². The van der Waals surface area contributed by atoms with Crippen LogP contribution in [0.2, 0.25) is 5.02 Å². The molecule has 0 spiro atoms. The molecule has 4 nitrogen and oxygen atoms in total. The lowest BCUT2D eigenvalue weighted by Gasteiger charge is -2.32. The smallest absolute Gasteiger partial charge is 0.263 e. The summed E-state index contributed by atoms with van der Waals surface area (Å²) in [6.45, 7) is 5.13. The standard InChI is InChI=1S/C15H21ClN2O2/c1-10-3-4-13(16)14(9-10)20-11(2)15(19)18-7-5-12(17)6-8-18/h3-4,9,11-12H,5-8,17H2,1-2H3/t11-/m1/s1. The number of piperidine rings is 1. The van der Waals surface area contributed by atoms with Gasteiger partial charge in [-0.2, -0.15) is 0 Å². The molecule has 1 aromatic rings. The molecule has 1 aliphatic rings. The summed E-state index contributed by atoms with van der Waals surface area (Å²) in [5, 5.41) is 0.524. The molecular weight excluding hydrogens is 276 g/mol. The normalized spacial score (nSPS) is 17.9. The van der Waals surface area contributed by atoms with Gasteiger partial charge in [0.25, 0.3) is 5.91 Å². The van der Waals surface area contributed by atoms with E-state index < -0.39 is 6.10 Å². The van der Waals surface area contributed by atoms with E-state index in [1.54, 1.807) is 13.0 Å². The number of benzene rings is 1. The lowest BCUT2D eigenvalue weighted by atomic mass is 10.1. The molecule has 0 aromatic heterocycles. The van der Waals surface area contributed by atoms with Gasteiger partial charge in [0, 0.05) is 19.1 Å². The average Bonchev–Trinajstić information content (AvgIpc) is 2.43. The van der Waals surface area contributed by atoms with E-state index in [0.29, 0.717) is 23.9 Å². The van der Waals surface area contributed by atoms with Crippen LogP contribution in [0.3, 0.4) is 0 Å². The number of carbonyl (C=O) groups excluding carboxylic acids is 1. The molecule has 20 heavy (non-hydrogen) atoms. The highest BCUT2D eigenvalue weighted by molar-refractivity contribution is 6.32. The van der Waals surface area contributed by atoms with Crippen LogP contribution in [0.1, 0.15) is 25.3 Å². The van der Waals surface area contributed by atoms with Crippen molar-refractivity contribution in [2.75, 3.05) is 13.1 Å². The van der Waals surface area contributed by atoms with E-state index in [9.17, 15) is 4.79 Å². The van der Waals surface area contributed by atoms with Crippen LogP contribution in [0.5, 0.6) is 5.75 Å². The highest BCUT2D eigenvalue weighted by Crippen LogP contribution is 2.26. The molecule has 0 aliphatic carbocycles. The van der Waals surface area contributed by atoms with Crippen LogP contribution in [0.25, 0.3) is 0 Å². The van der Waals surface area contributed by atoms with Gasteiger partial charge in [0.15, 0.2) is 6.10 Å². The minimum Gasteiger partial charge on any atom is -0.479 e. The van der Waals surface area contributed by atoms with Crippen molar-refractivity contribution in [1.82, 2.24) is 4.90 Å². The van der Waals surface area contributed by atoms with Crippen molar-refractivity contribution >= 4 is 17.5 Å². The Kier molecular flexibility index (Phi) is 4.89. The molecule has 1 aliphatic heterocycles. The van der Waals surface area contributed by atoms with Gasteiger partial charge in [-0.1, -0.05) is 17.7 Å². The van der Waals surface area contributed by atoms with E-state index in [1.807, 2.05) is 24.0 Å². The van der Waals surface area contributed by atoms with Gasteiger partial charge in [0.05, 0.1) is 5.02 Å². The van der Waals surface area contributed by atoms with E-state index in [2.05, 4.69) is 0 Å². The first-order chi connectivity index (χ1) is 9.47. The second-order valence-electron chi connectivity index (χ2n) is 5.36. The molecule has 2 rings (SSSR count). The number of nitrogens with zero attached hydrogens (tertiary/aromatic N) is 1. The van der Waals surface area contributed by atoms with Gasteiger partial charge in [-0.15, -0.1) is 0 Å². The Balaban J connectivity index is 1.98. The molecule has 0 bridgehead atoms. The summed E-state index contributed by atoms with van der Waals surface area (Å²) in [5.74, 6) is 0.552. The van der Waals surface area contributed by atoms with Gasteiger partial charge in [0.2, 0.25) is 0 Å². The van der Waals surface area contributed by atoms with E-state index in [4.69, 9.17) is 22.1 Å². The third-order valence-electron chi connectivity index (χ3n) is 3.59. The molecule has 110 valence electrons. The molecule has 0 unspecified atom stereocenters. The molecular formula is C15H21ClN2O2. The fourth-order valence-electron chi connectivity index (χ4n) is 2.32. The number of ether oxygens (including phenoxy) is 1. The summed E-state index contributed by atoms with van der Waals surface area (Å²) in [6.07, 6.45) is 1.16. The number of halogens is 1. The van der Waals surface area contributed by atoms with Crippen LogP contribution in [0.15, 0.2) is 18.2 Å². The maximum atomic E-state index is 12.3. The summed E-state index contributed by atoms with van der Waals surface area (Å²) in [7, 11) is 0. The fourth-order valence-corrected chi connectivity index (χ4v) is 2.48. The number of rotatable bonds is 3. The zero-order valence-corrected chi connectivity index (χ0v) is 12.7. The first kappa shape index (κ1) is 15.1. The van der Waals surface area contributed by atoms with Crippen molar-refractivity contribution in [2.45, 2.75) is 38.8 Å². The van der Waals surface area contributed by atoms with Crippen LogP contribution in [-0.4, -0.2) is 36.0 Å². The van der Waals surface area contributed by atoms with Crippen LogP contribution in [-0.2, 0) is 4.79 Å². The topological polar surface area (TPSA) is 55.6 Å². The Morgan fingerprint density at radius 2 is 2.10 bits per heavy atom. The quantitative estimate of drug-likeness (QED) is 0.931. The van der Waals surface area contributed by atoms with E-state index in [0.717, 1.165) is 18.4 Å². The monoisotopic (exact) mass is 296 g/mol. The second-order valence-corrected chi connectivity index (χ2v) is 5.76. The van der Waals surface area contributed by atoms with Crippen LogP contribution in [0, 0.1) is 6.92 Å². The molecule has 0 radical (unpaired) electrons. The molecule has 1 aromatic carbocycles. The zero-order valence-electron chi connectivity index (χ0n) is 11.9. The SMILES string of the molecule is Cc1ccc(Cl)c(O[C@H](C)C(=O)N2CCC(N)CC2)c1. The number of hydrogen-bond donors (Lipinski definition) is 1. The van der Waals surface area contributed by atoms with Crippen molar-refractivity contribution in [1.29, 1.82) is 0 Å². The Bertz CT molecular complexity index is 485. The Morgan fingerprint density at radius 3 is 2.75 bits per heavy atom. The maximum Gasteiger partial charge on any atom is 0.263 e. The largest absolute Gasteiger partial charge is 0.479 e. The molecule has 1 amide bonds. The lowest BCUT2D eigenvalue weighted by Crippen LogP contribution is -2.47. The summed E-state index contributed by atoms with van der Waals surface area (Å²) in [4.78, 5) is 14.1. The van der Waals surface area contributed by atoms with Gasteiger partial charge < -0.3 is 15.4 Å². The summed E-state index contributed by atoms with van der Waals surface area (Å²) in [6, 6.07) is 5.75. The maximum absolute atomic E-state index is 12.3. The van der Waals surface area contributed by atoms with Crippen molar-refractivity contribution in [2.24, 2.45) is 5.73 Å². The van der Waals surface area contributed by atoms with Crippen molar-refractivity contribution in [3.05, 3.63) is 28.8 Å². The molecule has 0 saturated carbocycles. The van der Waals surface area contributed by atoms with Gasteiger partial charge in [-0.25, -0.2) is 0 Å². The molecule has 1 saturated heterocycles. The number of likely N-dealkylation sites (tertiary alicyclic amines) is 1. The van der Waals surface area contributed by atoms with Crippen LogP contribution < -0.4 is 10.5 Å². The predicted octanol–water partition coefficient (Wildman–Crippen LogP) is 2.37. The number of aryl methyl sites for hydroxylation is 1. The van der Waals surface area contributed by atoms with Crippen LogP contribution in [0.4, 0.5) is 0 Å². The zero-order chi connectivity index (χ0) is 14.7. The van der Waals surface area contributed by atoms with Crippen molar-refractivity contribution in [3.8, 4) is 5.75 Å². The highest BCUT2D eigenvalue weighted by Gasteiger charge is 2.26. The predicted molar refractivity (Wildman–Crippen MR) is 80.1 cm³/mol. The Morgan fingerprint density at radius 1 is 1.45 bits per heavy atom. The van der Waals surface area contributed by atoms with Gasteiger partial charge in [0.1, 0.15) is 5.75 Å². The van der Waals surface area contributed by atoms with Crippen molar-refractivity contribution in [3.63, 3.8) is 0 Å². The van der Waals surface area contributed by atoms with E-state index in [-0.39, 0.29) is 11.9 Å². The lowest BCUT2D eigenvalue weighted by molar-refractivity contribution is -0.139. The molecule has 1 atom stereocenters. The summed E-state index contributed by atoms with van der Waals surface area (Å²) >= 11 is 6.08. The van der Waals surface area contributed by atoms with Gasteiger partial charge in [-0.3, -0.25) is 4.79 Å². The third-order valence-corrected chi connectivity index (χ3v) is 3.90. The average molecular weight is 297 g/mol. The first-order valence-electron chi connectivity index (χ1n) is 6.94. The van der Waals surface area contributed by atoms with E-state index in [1.165, 1.54) is 0 Å². The Hall–Kier alpha value is -1.26. The highest BCUT2D eigenvalue weighted by atomic mass is 35.5. The number of nitrogens with two attached hydrogens (primary N) is 1. The number of carbonyl (C=O) groups is 1. The molecule has 5 heteroatoms. The van der Waals surface area contributed by atoms with Crippen LogP contribution >= 0.6 is 11.6 Å². The Labute approximate surface area is 124 Å². The van der Waals surface area contributed by atoms with E-state index >= 15 is 0 Å². The summed E-state index contributed by atoms with van der Waals surface area (Å²) < 4.78 is 5.71. The minimum absolute atomic E-state index is 0.00512. The first-order valence-corrected chi connectivity index (χ1v) is 7.32. The number of amides is 1. The second kappa shape index (κ2) is 6.46.